The molecular formula is C14H21NO2. The lowest BCUT2D eigenvalue weighted by molar-refractivity contribution is -0.121. The van der Waals surface area contributed by atoms with Gasteiger partial charge in [0.15, 0.2) is 0 Å². The molecule has 0 radical (unpaired) electrons. The van der Waals surface area contributed by atoms with E-state index in [9.17, 15) is 4.79 Å². The van der Waals surface area contributed by atoms with E-state index in [2.05, 4.69) is 12.2 Å². The van der Waals surface area contributed by atoms with Gasteiger partial charge in [-0.25, -0.2) is 0 Å². The highest BCUT2D eigenvalue weighted by atomic mass is 16.5. The second kappa shape index (κ2) is 6.94. The zero-order chi connectivity index (χ0) is 12.7. The SMILES string of the molecule is CCCCC(=O)NC(C)c1ccc(OC)cc1. The van der Waals surface area contributed by atoms with Gasteiger partial charge in [-0.15, -0.1) is 0 Å². The van der Waals surface area contributed by atoms with E-state index in [1.54, 1.807) is 7.11 Å². The first-order valence-electron chi connectivity index (χ1n) is 6.10. The van der Waals surface area contributed by atoms with Crippen LogP contribution >= 0.6 is 0 Å². The number of carbonyl (C=O) groups excluding carboxylic acids is 1. The van der Waals surface area contributed by atoms with Crippen molar-refractivity contribution in [2.45, 2.75) is 39.2 Å². The van der Waals surface area contributed by atoms with Crippen molar-refractivity contribution >= 4 is 5.91 Å². The van der Waals surface area contributed by atoms with E-state index in [4.69, 9.17) is 4.74 Å². The molecule has 1 atom stereocenters. The van der Waals surface area contributed by atoms with Gasteiger partial charge in [0.25, 0.3) is 0 Å². The number of rotatable bonds is 6. The van der Waals surface area contributed by atoms with Gasteiger partial charge in [0, 0.05) is 6.42 Å². The zero-order valence-electron chi connectivity index (χ0n) is 10.8. The van der Waals surface area contributed by atoms with E-state index >= 15 is 0 Å². The van der Waals surface area contributed by atoms with Crippen molar-refractivity contribution in [2.75, 3.05) is 7.11 Å². The number of nitrogens with one attached hydrogen (secondary N) is 1. The van der Waals surface area contributed by atoms with Gasteiger partial charge in [-0.3, -0.25) is 4.79 Å². The Bertz CT molecular complexity index is 346. The van der Waals surface area contributed by atoms with Crippen molar-refractivity contribution in [3.63, 3.8) is 0 Å². The maximum Gasteiger partial charge on any atom is 0.220 e. The van der Waals surface area contributed by atoms with E-state index < -0.39 is 0 Å². The Morgan fingerprint density at radius 1 is 1.35 bits per heavy atom. The van der Waals surface area contributed by atoms with Crippen molar-refractivity contribution < 1.29 is 9.53 Å². The van der Waals surface area contributed by atoms with Crippen LogP contribution in [-0.2, 0) is 4.79 Å². The second-order valence-corrected chi connectivity index (χ2v) is 4.17. The average Bonchev–Trinajstić information content (AvgIpc) is 2.36. The summed E-state index contributed by atoms with van der Waals surface area (Å²) in [6, 6.07) is 7.81. The summed E-state index contributed by atoms with van der Waals surface area (Å²) in [5.74, 6) is 0.952. The van der Waals surface area contributed by atoms with E-state index in [0.717, 1.165) is 24.2 Å². The summed E-state index contributed by atoms with van der Waals surface area (Å²) in [7, 11) is 1.64. The minimum absolute atomic E-state index is 0.0465. The maximum absolute atomic E-state index is 11.6. The standard InChI is InChI=1S/C14H21NO2/c1-4-5-6-14(16)15-11(2)12-7-9-13(17-3)10-8-12/h7-11H,4-6H2,1-3H3,(H,15,16). The molecule has 17 heavy (non-hydrogen) atoms. The first-order valence-corrected chi connectivity index (χ1v) is 6.10. The molecule has 1 N–H and O–H groups in total. The van der Waals surface area contributed by atoms with E-state index in [-0.39, 0.29) is 11.9 Å². The molecule has 1 aromatic carbocycles. The van der Waals surface area contributed by atoms with Gasteiger partial charge >= 0.3 is 0 Å². The molecule has 0 heterocycles. The van der Waals surface area contributed by atoms with Crippen LogP contribution in [0.5, 0.6) is 5.75 Å². The van der Waals surface area contributed by atoms with Crippen molar-refractivity contribution in [3.05, 3.63) is 29.8 Å². The number of amides is 1. The maximum atomic E-state index is 11.6. The van der Waals surface area contributed by atoms with Crippen molar-refractivity contribution in [2.24, 2.45) is 0 Å². The Labute approximate surface area is 103 Å². The topological polar surface area (TPSA) is 38.3 Å². The number of hydrogen-bond donors (Lipinski definition) is 1. The molecule has 1 unspecified atom stereocenters. The summed E-state index contributed by atoms with van der Waals surface area (Å²) >= 11 is 0. The lowest BCUT2D eigenvalue weighted by atomic mass is 10.1. The molecule has 94 valence electrons. The summed E-state index contributed by atoms with van der Waals surface area (Å²) in [4.78, 5) is 11.6. The van der Waals surface area contributed by atoms with Gasteiger partial charge in [-0.1, -0.05) is 25.5 Å². The summed E-state index contributed by atoms with van der Waals surface area (Å²) in [6.07, 6.45) is 2.60. The molecule has 0 saturated carbocycles. The second-order valence-electron chi connectivity index (χ2n) is 4.17. The molecule has 0 aliphatic carbocycles. The summed E-state index contributed by atoms with van der Waals surface area (Å²) in [5, 5.41) is 2.99. The lowest BCUT2D eigenvalue weighted by Gasteiger charge is -2.14. The molecule has 1 rings (SSSR count). The van der Waals surface area contributed by atoms with Crippen LogP contribution in [0.4, 0.5) is 0 Å². The molecule has 0 fully saturated rings. The predicted octanol–water partition coefficient (Wildman–Crippen LogP) is 3.06. The number of ether oxygens (including phenoxy) is 1. The molecular weight excluding hydrogens is 214 g/mol. The third-order valence-electron chi connectivity index (χ3n) is 2.75. The third-order valence-corrected chi connectivity index (χ3v) is 2.75. The number of carbonyl (C=O) groups is 1. The monoisotopic (exact) mass is 235 g/mol. The van der Waals surface area contributed by atoms with Crippen molar-refractivity contribution in [1.29, 1.82) is 0 Å². The van der Waals surface area contributed by atoms with Crippen LogP contribution in [-0.4, -0.2) is 13.0 Å². The van der Waals surface area contributed by atoms with Crippen LogP contribution in [0.2, 0.25) is 0 Å². The van der Waals surface area contributed by atoms with Crippen LogP contribution in [0.3, 0.4) is 0 Å². The van der Waals surface area contributed by atoms with E-state index in [1.807, 2.05) is 31.2 Å². The van der Waals surface area contributed by atoms with Gasteiger partial charge in [-0.05, 0) is 31.0 Å². The van der Waals surface area contributed by atoms with Crippen LogP contribution in [0.15, 0.2) is 24.3 Å². The summed E-state index contributed by atoms with van der Waals surface area (Å²) < 4.78 is 5.10. The fourth-order valence-corrected chi connectivity index (χ4v) is 1.63. The smallest absolute Gasteiger partial charge is 0.220 e. The number of unbranched alkanes of at least 4 members (excludes halogenated alkanes) is 1. The summed E-state index contributed by atoms with van der Waals surface area (Å²) in [5.41, 5.74) is 1.09. The zero-order valence-corrected chi connectivity index (χ0v) is 10.8. The highest BCUT2D eigenvalue weighted by molar-refractivity contribution is 5.76. The van der Waals surface area contributed by atoms with Crippen molar-refractivity contribution in [3.8, 4) is 5.75 Å². The molecule has 0 aromatic heterocycles. The molecule has 0 spiro atoms. The molecule has 3 nitrogen and oxygen atoms in total. The highest BCUT2D eigenvalue weighted by Crippen LogP contribution is 2.17. The van der Waals surface area contributed by atoms with Gasteiger partial charge in [0.2, 0.25) is 5.91 Å². The molecule has 0 bridgehead atoms. The minimum atomic E-state index is 0.0465. The number of methoxy groups -OCH3 is 1. The van der Waals surface area contributed by atoms with Crippen LogP contribution in [0.1, 0.15) is 44.7 Å². The highest BCUT2D eigenvalue weighted by Gasteiger charge is 2.08. The van der Waals surface area contributed by atoms with Gasteiger partial charge in [0.05, 0.1) is 13.2 Å². The van der Waals surface area contributed by atoms with Gasteiger partial charge in [0.1, 0.15) is 5.75 Å². The molecule has 0 aliphatic rings. The minimum Gasteiger partial charge on any atom is -0.497 e. The Balaban J connectivity index is 2.51. The van der Waals surface area contributed by atoms with Crippen LogP contribution in [0, 0.1) is 0 Å². The Hall–Kier alpha value is -1.51. The lowest BCUT2D eigenvalue weighted by Crippen LogP contribution is -2.26. The van der Waals surface area contributed by atoms with Crippen LogP contribution in [0.25, 0.3) is 0 Å². The molecule has 0 saturated heterocycles. The number of hydrogen-bond acceptors (Lipinski definition) is 2. The average molecular weight is 235 g/mol. The largest absolute Gasteiger partial charge is 0.497 e. The fraction of sp³-hybridized carbons (Fsp3) is 0.500. The molecule has 0 aliphatic heterocycles. The first-order chi connectivity index (χ1) is 8.17. The third kappa shape index (κ3) is 4.47. The first kappa shape index (κ1) is 13.6. The van der Waals surface area contributed by atoms with Crippen molar-refractivity contribution in [1.82, 2.24) is 5.32 Å². The van der Waals surface area contributed by atoms with E-state index in [0.29, 0.717) is 6.42 Å². The predicted molar refractivity (Wildman–Crippen MR) is 69.1 cm³/mol. The molecule has 1 amide bonds. The Morgan fingerprint density at radius 2 is 2.00 bits per heavy atom. The van der Waals surface area contributed by atoms with Gasteiger partial charge < -0.3 is 10.1 Å². The Morgan fingerprint density at radius 3 is 2.53 bits per heavy atom. The normalized spacial score (nSPS) is 11.9. The molecule has 1 aromatic rings. The number of benzene rings is 1. The van der Waals surface area contributed by atoms with E-state index in [1.165, 1.54) is 0 Å². The van der Waals surface area contributed by atoms with Gasteiger partial charge in [-0.2, -0.15) is 0 Å². The fourth-order valence-electron chi connectivity index (χ4n) is 1.63. The van der Waals surface area contributed by atoms with Crippen LogP contribution < -0.4 is 10.1 Å². The quantitative estimate of drug-likeness (QED) is 0.823. The summed E-state index contributed by atoms with van der Waals surface area (Å²) in [6.45, 7) is 4.08. The molecule has 3 heteroatoms. The Kier molecular flexibility index (Phi) is 5.53.